The number of aryl methyl sites for hydroxylation is 2. The van der Waals surface area contributed by atoms with E-state index in [4.69, 9.17) is 9.47 Å². The third-order valence-electron chi connectivity index (χ3n) is 4.53. The smallest absolute Gasteiger partial charge is 0.257 e. The molecule has 1 amide bonds. The van der Waals surface area contributed by atoms with Crippen LogP contribution in [0.5, 0.6) is 11.5 Å². The monoisotopic (exact) mass is 358 g/mol. The molecule has 1 aliphatic heterocycles. The second-order valence-electron chi connectivity index (χ2n) is 6.54. The summed E-state index contributed by atoms with van der Waals surface area (Å²) in [5, 5.41) is 11.4. The molecule has 1 aromatic carbocycles. The summed E-state index contributed by atoms with van der Waals surface area (Å²) >= 11 is 0. The lowest BCUT2D eigenvalue weighted by Crippen LogP contribution is -2.31. The van der Waals surface area contributed by atoms with Gasteiger partial charge in [0.05, 0.1) is 7.11 Å². The van der Waals surface area contributed by atoms with Crippen molar-refractivity contribution in [1.82, 2.24) is 20.1 Å². The number of methoxy groups -OCH3 is 1. The standard InChI is InChI=1S/C19H26N4O3/c1-14-7-8-15(16(12-14)25-2)26-13-19(24)20-10-9-18-22-21-17-6-4-3-5-11-23(17)18/h7-8,12H,3-6,9-11,13H2,1-2H3,(H,20,24). The molecule has 0 saturated carbocycles. The van der Waals surface area contributed by atoms with Gasteiger partial charge in [-0.05, 0) is 37.5 Å². The van der Waals surface area contributed by atoms with E-state index in [0.717, 1.165) is 36.6 Å². The normalized spacial score (nSPS) is 13.6. The number of fused-ring (bicyclic) bond motifs is 1. The molecule has 2 aromatic rings. The predicted molar refractivity (Wildman–Crippen MR) is 97.5 cm³/mol. The molecule has 0 radical (unpaired) electrons. The van der Waals surface area contributed by atoms with Crippen LogP contribution in [-0.2, 0) is 24.2 Å². The Balaban J connectivity index is 1.46. The number of carbonyl (C=O) groups is 1. The first-order valence-electron chi connectivity index (χ1n) is 9.12. The van der Waals surface area contributed by atoms with E-state index in [1.54, 1.807) is 7.11 Å². The lowest BCUT2D eigenvalue weighted by molar-refractivity contribution is -0.123. The van der Waals surface area contributed by atoms with Crippen molar-refractivity contribution in [1.29, 1.82) is 0 Å². The lowest BCUT2D eigenvalue weighted by Gasteiger charge is -2.11. The maximum absolute atomic E-state index is 12.0. The van der Waals surface area contributed by atoms with Crippen molar-refractivity contribution in [3.05, 3.63) is 35.4 Å². The predicted octanol–water partition coefficient (Wildman–Crippen LogP) is 2.06. The van der Waals surface area contributed by atoms with Crippen LogP contribution in [0.1, 0.15) is 36.5 Å². The SMILES string of the molecule is COc1cc(C)ccc1OCC(=O)NCCc1nnc2n1CCCCC2. The molecule has 0 spiro atoms. The van der Waals surface area contributed by atoms with Gasteiger partial charge in [0.25, 0.3) is 5.91 Å². The summed E-state index contributed by atoms with van der Waals surface area (Å²) < 4.78 is 13.0. The van der Waals surface area contributed by atoms with Crippen LogP contribution in [0.15, 0.2) is 18.2 Å². The minimum atomic E-state index is -0.164. The van der Waals surface area contributed by atoms with Crippen molar-refractivity contribution in [2.45, 2.75) is 45.6 Å². The summed E-state index contributed by atoms with van der Waals surface area (Å²) in [7, 11) is 1.59. The Kier molecular flexibility index (Phi) is 6.09. The molecule has 0 saturated heterocycles. The van der Waals surface area contributed by atoms with Gasteiger partial charge in [0.2, 0.25) is 0 Å². The molecule has 7 nitrogen and oxygen atoms in total. The Bertz CT molecular complexity index is 757. The molecule has 1 aromatic heterocycles. The summed E-state index contributed by atoms with van der Waals surface area (Å²) in [6.45, 7) is 3.43. The summed E-state index contributed by atoms with van der Waals surface area (Å²) in [5.74, 6) is 3.05. The van der Waals surface area contributed by atoms with E-state index in [-0.39, 0.29) is 12.5 Å². The van der Waals surface area contributed by atoms with E-state index >= 15 is 0 Å². The number of hydrogen-bond donors (Lipinski definition) is 1. The number of nitrogens with one attached hydrogen (secondary N) is 1. The van der Waals surface area contributed by atoms with E-state index in [1.807, 2.05) is 25.1 Å². The second kappa shape index (κ2) is 8.69. The minimum absolute atomic E-state index is 0.0443. The zero-order valence-corrected chi connectivity index (χ0v) is 15.5. The quantitative estimate of drug-likeness (QED) is 0.820. The highest BCUT2D eigenvalue weighted by atomic mass is 16.5. The van der Waals surface area contributed by atoms with Crippen molar-refractivity contribution < 1.29 is 14.3 Å². The Morgan fingerprint density at radius 2 is 2.12 bits per heavy atom. The molecule has 0 aliphatic carbocycles. The fourth-order valence-electron chi connectivity index (χ4n) is 3.13. The molecule has 140 valence electrons. The number of aromatic nitrogens is 3. The van der Waals surface area contributed by atoms with Crippen molar-refractivity contribution in [3.63, 3.8) is 0 Å². The zero-order chi connectivity index (χ0) is 18.4. The van der Waals surface area contributed by atoms with Crippen LogP contribution >= 0.6 is 0 Å². The Labute approximate surface area is 153 Å². The van der Waals surface area contributed by atoms with Crippen LogP contribution in [0, 0.1) is 6.92 Å². The Morgan fingerprint density at radius 3 is 2.96 bits per heavy atom. The van der Waals surface area contributed by atoms with E-state index in [2.05, 4.69) is 20.1 Å². The highest BCUT2D eigenvalue weighted by molar-refractivity contribution is 5.77. The molecular weight excluding hydrogens is 332 g/mol. The van der Waals surface area contributed by atoms with Gasteiger partial charge in [0.15, 0.2) is 18.1 Å². The van der Waals surface area contributed by atoms with Crippen molar-refractivity contribution in [2.75, 3.05) is 20.3 Å². The first-order chi connectivity index (χ1) is 12.7. The van der Waals surface area contributed by atoms with Crippen LogP contribution in [0.3, 0.4) is 0 Å². The molecule has 1 N–H and O–H groups in total. The molecule has 0 unspecified atom stereocenters. The topological polar surface area (TPSA) is 78.3 Å². The summed E-state index contributed by atoms with van der Waals surface area (Å²) in [5.41, 5.74) is 1.08. The number of rotatable bonds is 7. The molecule has 2 heterocycles. The van der Waals surface area contributed by atoms with Gasteiger partial charge in [0, 0.05) is 25.9 Å². The molecule has 7 heteroatoms. The summed E-state index contributed by atoms with van der Waals surface area (Å²) in [4.78, 5) is 12.0. The maximum atomic E-state index is 12.0. The second-order valence-corrected chi connectivity index (χ2v) is 6.54. The first kappa shape index (κ1) is 18.2. The van der Waals surface area contributed by atoms with E-state index < -0.39 is 0 Å². The molecule has 3 rings (SSSR count). The highest BCUT2D eigenvalue weighted by Gasteiger charge is 2.14. The number of nitrogens with zero attached hydrogens (tertiary/aromatic N) is 3. The van der Waals surface area contributed by atoms with Gasteiger partial charge in [-0.1, -0.05) is 12.5 Å². The molecular formula is C19H26N4O3. The van der Waals surface area contributed by atoms with Crippen LogP contribution in [0.25, 0.3) is 0 Å². The Morgan fingerprint density at radius 1 is 1.23 bits per heavy atom. The molecule has 0 fully saturated rings. The van der Waals surface area contributed by atoms with Gasteiger partial charge < -0.3 is 19.4 Å². The minimum Gasteiger partial charge on any atom is -0.493 e. The van der Waals surface area contributed by atoms with Crippen molar-refractivity contribution >= 4 is 5.91 Å². The van der Waals surface area contributed by atoms with Crippen LogP contribution in [-0.4, -0.2) is 40.9 Å². The maximum Gasteiger partial charge on any atom is 0.257 e. The number of amides is 1. The van der Waals surface area contributed by atoms with Gasteiger partial charge in [0.1, 0.15) is 11.6 Å². The number of hydrogen-bond acceptors (Lipinski definition) is 5. The van der Waals surface area contributed by atoms with Gasteiger partial charge >= 0.3 is 0 Å². The van der Waals surface area contributed by atoms with Crippen LogP contribution in [0.2, 0.25) is 0 Å². The van der Waals surface area contributed by atoms with Gasteiger partial charge in [-0.2, -0.15) is 0 Å². The fourth-order valence-corrected chi connectivity index (χ4v) is 3.13. The number of carbonyl (C=O) groups excluding carboxylic acids is 1. The van der Waals surface area contributed by atoms with Gasteiger partial charge in [-0.25, -0.2) is 0 Å². The summed E-state index contributed by atoms with van der Waals surface area (Å²) in [6.07, 6.45) is 5.24. The molecule has 1 aliphatic rings. The number of benzene rings is 1. The zero-order valence-electron chi connectivity index (χ0n) is 15.5. The van der Waals surface area contributed by atoms with E-state index in [0.29, 0.717) is 24.5 Å². The largest absolute Gasteiger partial charge is 0.493 e. The average molecular weight is 358 g/mol. The van der Waals surface area contributed by atoms with Crippen LogP contribution in [0.4, 0.5) is 0 Å². The third-order valence-corrected chi connectivity index (χ3v) is 4.53. The molecule has 26 heavy (non-hydrogen) atoms. The number of ether oxygens (including phenoxy) is 2. The van der Waals surface area contributed by atoms with Crippen LogP contribution < -0.4 is 14.8 Å². The van der Waals surface area contributed by atoms with Gasteiger partial charge in [-0.3, -0.25) is 4.79 Å². The van der Waals surface area contributed by atoms with Gasteiger partial charge in [-0.15, -0.1) is 10.2 Å². The van der Waals surface area contributed by atoms with E-state index in [9.17, 15) is 4.79 Å². The fraction of sp³-hybridized carbons (Fsp3) is 0.526. The van der Waals surface area contributed by atoms with Crippen molar-refractivity contribution in [2.24, 2.45) is 0 Å². The Hall–Kier alpha value is -2.57. The molecule has 0 atom stereocenters. The highest BCUT2D eigenvalue weighted by Crippen LogP contribution is 2.27. The summed E-state index contributed by atoms with van der Waals surface area (Å²) in [6, 6.07) is 5.62. The average Bonchev–Trinajstić information content (AvgIpc) is 2.87. The molecule has 0 bridgehead atoms. The third kappa shape index (κ3) is 4.53. The van der Waals surface area contributed by atoms with Crippen molar-refractivity contribution in [3.8, 4) is 11.5 Å². The van der Waals surface area contributed by atoms with E-state index in [1.165, 1.54) is 12.8 Å². The first-order valence-corrected chi connectivity index (χ1v) is 9.12. The lowest BCUT2D eigenvalue weighted by atomic mass is 10.2.